The highest BCUT2D eigenvalue weighted by atomic mass is 32.1. The summed E-state index contributed by atoms with van der Waals surface area (Å²) in [6.45, 7) is -10.2. The maximum absolute atomic E-state index is 8.57. The zero-order valence-electron chi connectivity index (χ0n) is 21.1. The Hall–Kier alpha value is -1.85. The first-order valence-electron chi connectivity index (χ1n) is 11.2. The van der Waals surface area contributed by atoms with Crippen LogP contribution in [0.25, 0.3) is 0 Å². The molecule has 22 heavy (non-hydrogen) atoms. The molecule has 1 N–H and O–H groups in total. The molecule has 2 aliphatic rings. The van der Waals surface area contributed by atoms with Crippen molar-refractivity contribution in [2.45, 2.75) is 6.92 Å². The zero-order valence-corrected chi connectivity index (χ0v) is 12.9. The number of rotatable bonds is 0. The molecule has 5 heteroatoms. The number of anilines is 2. The van der Waals surface area contributed by atoms with Gasteiger partial charge in [-0.3, -0.25) is 0 Å². The Bertz CT molecular complexity index is 1070. The first-order chi connectivity index (χ1) is 14.2. The summed E-state index contributed by atoms with van der Waals surface area (Å²) in [7, 11) is 1.01. The van der Waals surface area contributed by atoms with E-state index >= 15 is 0 Å². The number of amidine groups is 1. The fourth-order valence-electron chi connectivity index (χ4n) is 2.25. The number of piperazine rings is 1. The number of para-hydroxylation sites is 2. The molecule has 114 valence electrons. The molecule has 2 aromatic rings. The maximum Gasteiger partial charge on any atom is 0.139 e. The fraction of sp³-hybridized carbons (Fsp3) is 0.353. The number of fused-ring (bicyclic) bond motifs is 2. The maximum atomic E-state index is 8.57. The minimum atomic E-state index is -3.03. The Kier molecular flexibility index (Phi) is 1.76. The van der Waals surface area contributed by atoms with Gasteiger partial charge in [-0.05, 0) is 32.1 Å². The van der Waals surface area contributed by atoms with Crippen molar-refractivity contribution in [3.8, 4) is 0 Å². The Morgan fingerprint density at radius 3 is 2.86 bits per heavy atom. The van der Waals surface area contributed by atoms with Crippen molar-refractivity contribution in [3.05, 3.63) is 40.7 Å². The number of thiophene rings is 1. The van der Waals surface area contributed by atoms with Gasteiger partial charge in [0.25, 0.3) is 0 Å². The minimum absolute atomic E-state index is 0.00860. The van der Waals surface area contributed by atoms with Gasteiger partial charge in [0.2, 0.25) is 0 Å². The van der Waals surface area contributed by atoms with Crippen LogP contribution in [0.4, 0.5) is 16.4 Å². The lowest BCUT2D eigenvalue weighted by Gasteiger charge is -2.34. The van der Waals surface area contributed by atoms with Crippen LogP contribution >= 0.6 is 11.3 Å². The summed E-state index contributed by atoms with van der Waals surface area (Å²) < 4.78 is 76.1. The number of benzene rings is 1. The smallest absolute Gasteiger partial charge is 0.139 e. The van der Waals surface area contributed by atoms with Crippen LogP contribution in [0.5, 0.6) is 0 Å². The topological polar surface area (TPSA) is 30.9 Å². The van der Waals surface area contributed by atoms with Crippen molar-refractivity contribution in [2.75, 3.05) is 38.4 Å². The predicted octanol–water partition coefficient (Wildman–Crippen LogP) is 3.44. The number of likely N-dealkylation sites (N-methyl/N-ethyl adjacent to an activating group) is 1. The van der Waals surface area contributed by atoms with Gasteiger partial charge in [-0.2, -0.15) is 0 Å². The number of nitrogens with zero attached hydrogens (tertiary/aromatic N) is 3. The summed E-state index contributed by atoms with van der Waals surface area (Å²) in [6.07, 6.45) is 0. The van der Waals surface area contributed by atoms with Gasteiger partial charge in [-0.1, -0.05) is 12.1 Å². The van der Waals surface area contributed by atoms with Gasteiger partial charge >= 0.3 is 0 Å². The lowest BCUT2D eigenvalue weighted by molar-refractivity contribution is 0.216. The van der Waals surface area contributed by atoms with Crippen LogP contribution in [0.3, 0.4) is 0 Å². The molecular weight excluding hydrogens is 292 g/mol. The summed E-state index contributed by atoms with van der Waals surface area (Å²) in [5.74, 6) is -0.336. The van der Waals surface area contributed by atoms with E-state index in [9.17, 15) is 0 Å². The van der Waals surface area contributed by atoms with E-state index in [2.05, 4.69) is 10.3 Å². The van der Waals surface area contributed by atoms with Crippen LogP contribution < -0.4 is 5.32 Å². The van der Waals surface area contributed by atoms with Crippen molar-refractivity contribution in [2.24, 2.45) is 4.99 Å². The summed E-state index contributed by atoms with van der Waals surface area (Å²) in [6, 6.07) is 6.81. The molecule has 4 rings (SSSR count). The average Bonchev–Trinajstić information content (AvgIpc) is 2.84. The van der Waals surface area contributed by atoms with Crippen molar-refractivity contribution < 1.29 is 12.3 Å². The van der Waals surface area contributed by atoms with Crippen LogP contribution in [-0.4, -0.2) is 48.7 Å². The third kappa shape index (κ3) is 2.40. The number of hydrogen-bond acceptors (Lipinski definition) is 5. The first kappa shape index (κ1) is 7.15. The van der Waals surface area contributed by atoms with Crippen LogP contribution in [-0.2, 0) is 0 Å². The Labute approximate surface area is 147 Å². The fourth-order valence-corrected chi connectivity index (χ4v) is 3.12. The highest BCUT2D eigenvalue weighted by Crippen LogP contribution is 2.39. The van der Waals surface area contributed by atoms with E-state index < -0.39 is 26.0 Å². The molecule has 0 radical (unpaired) electrons. The predicted molar refractivity (Wildman–Crippen MR) is 94.0 cm³/mol. The van der Waals surface area contributed by atoms with E-state index in [0.29, 0.717) is 31.1 Å². The summed E-state index contributed by atoms with van der Waals surface area (Å²) in [4.78, 5) is 5.89. The van der Waals surface area contributed by atoms with E-state index in [1.54, 1.807) is 31.2 Å². The normalized spacial score (nSPS) is 33.3. The molecule has 0 bridgehead atoms. The summed E-state index contributed by atoms with van der Waals surface area (Å²) in [5, 5.41) is 3.58. The number of hydrogen-bond donors (Lipinski definition) is 1. The molecule has 0 amide bonds. The van der Waals surface area contributed by atoms with Gasteiger partial charge in [-0.15, -0.1) is 11.3 Å². The number of nitrogens with one attached hydrogen (secondary N) is 1. The molecule has 3 heterocycles. The average molecular weight is 321 g/mol. The number of aryl methyl sites for hydroxylation is 1. The molecule has 1 aromatic heterocycles. The lowest BCUT2D eigenvalue weighted by atomic mass is 10.2. The second-order valence-electron chi connectivity index (χ2n) is 4.91. The monoisotopic (exact) mass is 321 g/mol. The standard InChI is InChI=1S/C17H20N4S/c1-12-11-13-16(21-9-7-20(2)8-10-21)18-14-5-3-4-6-15(14)19-17(13)22-12/h3-6,11,19H,7-10H2,1-2H3/i7D2,8D2,9D2,10D2,11D. The van der Waals surface area contributed by atoms with Crippen molar-refractivity contribution >= 4 is 33.5 Å². The van der Waals surface area contributed by atoms with E-state index in [1.165, 1.54) is 11.3 Å². The quantitative estimate of drug-likeness (QED) is 0.806. The largest absolute Gasteiger partial charge is 0.353 e. The molecule has 0 atom stereocenters. The van der Waals surface area contributed by atoms with Crippen molar-refractivity contribution in [3.63, 3.8) is 0 Å². The Morgan fingerprint density at radius 2 is 2.05 bits per heavy atom. The molecule has 0 unspecified atom stereocenters. The molecule has 1 fully saturated rings. The first-order valence-corrected chi connectivity index (χ1v) is 7.56. The van der Waals surface area contributed by atoms with Crippen molar-refractivity contribution in [1.29, 1.82) is 0 Å². The lowest BCUT2D eigenvalue weighted by Crippen LogP contribution is -2.47. The second-order valence-corrected chi connectivity index (χ2v) is 6.13. The van der Waals surface area contributed by atoms with Crippen LogP contribution in [0.2, 0.25) is 0 Å². The van der Waals surface area contributed by atoms with E-state index in [0.717, 1.165) is 7.05 Å². The Balaban J connectivity index is 2.08. The third-order valence-corrected chi connectivity index (χ3v) is 4.17. The second kappa shape index (κ2) is 5.41. The third-order valence-electron chi connectivity index (χ3n) is 3.26. The van der Waals surface area contributed by atoms with Crippen LogP contribution in [0.15, 0.2) is 35.3 Å². The van der Waals surface area contributed by atoms with Gasteiger partial charge in [-0.25, -0.2) is 4.99 Å². The number of aliphatic imine (C=N–C) groups is 1. The molecule has 0 spiro atoms. The summed E-state index contributed by atoms with van der Waals surface area (Å²) in [5.41, 5.74) is 0.994. The van der Waals surface area contributed by atoms with Crippen LogP contribution in [0.1, 0.15) is 22.8 Å². The van der Waals surface area contributed by atoms with Gasteiger partial charge in [0, 0.05) is 36.3 Å². The molecular formula is C17H20N4S. The molecule has 4 nitrogen and oxygen atoms in total. The van der Waals surface area contributed by atoms with Gasteiger partial charge in [0.05, 0.1) is 23.8 Å². The highest BCUT2D eigenvalue weighted by Gasteiger charge is 2.25. The molecule has 2 aliphatic heterocycles. The van der Waals surface area contributed by atoms with Gasteiger partial charge < -0.3 is 15.1 Å². The highest BCUT2D eigenvalue weighted by molar-refractivity contribution is 7.16. The molecule has 1 aromatic carbocycles. The van der Waals surface area contributed by atoms with Gasteiger partial charge in [0.15, 0.2) is 0 Å². The van der Waals surface area contributed by atoms with Gasteiger partial charge in [0.1, 0.15) is 10.8 Å². The van der Waals surface area contributed by atoms with E-state index in [1.807, 2.05) is 0 Å². The zero-order chi connectivity index (χ0) is 23.1. The molecule has 0 saturated carbocycles. The molecule has 0 aliphatic carbocycles. The SMILES string of the molecule is [2H]c1c(C)sc2c1C(N1C([2H])([2H])C([2H])([2H])N(C)C([2H])([2H])C1([2H])[2H])=Nc1ccccc1N2. The summed E-state index contributed by atoms with van der Waals surface area (Å²) >= 11 is 1.21. The van der Waals surface area contributed by atoms with Crippen molar-refractivity contribution in [1.82, 2.24) is 9.80 Å². The van der Waals surface area contributed by atoms with E-state index in [-0.39, 0.29) is 17.4 Å². The van der Waals surface area contributed by atoms with Crippen LogP contribution in [0, 0.1) is 6.92 Å². The minimum Gasteiger partial charge on any atom is -0.353 e. The molecule has 1 saturated heterocycles. The van der Waals surface area contributed by atoms with E-state index in [4.69, 9.17) is 12.3 Å². The Morgan fingerprint density at radius 1 is 1.27 bits per heavy atom.